The average Bonchev–Trinajstić information content (AvgIpc) is 1.83. The monoisotopic (exact) mass is 129 g/mol. The Morgan fingerprint density at radius 1 is 1.89 bits per heavy atom. The molecule has 0 radical (unpaired) electrons. The van der Waals surface area contributed by atoms with Gasteiger partial charge in [-0.1, -0.05) is 6.58 Å². The van der Waals surface area contributed by atoms with Crippen molar-refractivity contribution < 1.29 is 9.63 Å². The van der Waals surface area contributed by atoms with Crippen molar-refractivity contribution in [2.24, 2.45) is 5.73 Å². The molecule has 5 heteroatoms. The molecule has 0 aliphatic heterocycles. The van der Waals surface area contributed by atoms with Crippen LogP contribution in [0.1, 0.15) is 0 Å². The first kappa shape index (κ1) is 7.48. The fourth-order valence-corrected chi connectivity index (χ4v) is 0.147. The third-order valence-corrected chi connectivity index (χ3v) is 0.428. The van der Waals surface area contributed by atoms with E-state index in [2.05, 4.69) is 11.4 Å². The molecule has 0 spiro atoms. The van der Waals surface area contributed by atoms with Gasteiger partial charge >= 0.3 is 5.97 Å². The summed E-state index contributed by atoms with van der Waals surface area (Å²) in [6, 6.07) is 0. The third-order valence-electron chi connectivity index (χ3n) is 0.428. The van der Waals surface area contributed by atoms with Crippen molar-refractivity contribution >= 4 is 11.9 Å². The van der Waals surface area contributed by atoms with Crippen LogP contribution in [0.25, 0.3) is 0 Å². The molecule has 50 valence electrons. The molecule has 0 aromatic rings. The number of guanidine groups is 1. The van der Waals surface area contributed by atoms with Gasteiger partial charge in [-0.25, -0.2) is 4.79 Å². The lowest BCUT2D eigenvalue weighted by Gasteiger charge is -1.98. The molecule has 0 unspecified atom stereocenters. The molecule has 0 rings (SSSR count). The fraction of sp³-hybridized carbons (Fsp3) is 0. The summed E-state index contributed by atoms with van der Waals surface area (Å²) in [7, 11) is 0. The minimum atomic E-state index is -0.676. The number of nitrogens with one attached hydrogen (secondary N) is 2. The van der Waals surface area contributed by atoms with Gasteiger partial charge < -0.3 is 10.6 Å². The normalized spacial score (nSPS) is 7.56. The first-order chi connectivity index (χ1) is 4.16. The van der Waals surface area contributed by atoms with E-state index in [1.54, 1.807) is 0 Å². The summed E-state index contributed by atoms with van der Waals surface area (Å²) in [4.78, 5) is 14.3. The van der Waals surface area contributed by atoms with E-state index in [1.165, 1.54) is 0 Å². The standard InChI is InChI=1S/C4H7N3O2/c1-2-3(8)9-7-4(5)6/h2H,1H2,(H4,5,6,7). The predicted octanol–water partition coefficient (Wildman–Crippen LogP) is -0.886. The van der Waals surface area contributed by atoms with Crippen molar-refractivity contribution in [2.45, 2.75) is 0 Å². The molecule has 0 amide bonds. The van der Waals surface area contributed by atoms with Crippen LogP contribution in [-0.4, -0.2) is 11.9 Å². The van der Waals surface area contributed by atoms with Gasteiger partial charge in [-0.15, -0.1) is 0 Å². The van der Waals surface area contributed by atoms with Gasteiger partial charge in [-0.05, 0) is 0 Å². The first-order valence-electron chi connectivity index (χ1n) is 2.10. The van der Waals surface area contributed by atoms with Crippen LogP contribution < -0.4 is 11.2 Å². The van der Waals surface area contributed by atoms with Gasteiger partial charge in [-0.2, -0.15) is 5.48 Å². The maximum absolute atomic E-state index is 10.2. The van der Waals surface area contributed by atoms with Gasteiger partial charge in [0.1, 0.15) is 0 Å². The summed E-state index contributed by atoms with van der Waals surface area (Å²) in [5.41, 5.74) is 6.59. The van der Waals surface area contributed by atoms with Crippen LogP contribution in [0.15, 0.2) is 12.7 Å². The van der Waals surface area contributed by atoms with Crippen molar-refractivity contribution in [1.29, 1.82) is 5.41 Å². The van der Waals surface area contributed by atoms with Crippen LogP contribution in [0.2, 0.25) is 0 Å². The number of carbonyl (C=O) groups excluding carboxylic acids is 1. The SMILES string of the molecule is C=CC(=O)ONC(=N)N. The molecule has 0 aromatic heterocycles. The summed E-state index contributed by atoms with van der Waals surface area (Å²) in [5, 5.41) is 6.52. The minimum absolute atomic E-state index is 0.426. The zero-order valence-electron chi connectivity index (χ0n) is 4.68. The van der Waals surface area contributed by atoms with E-state index in [0.29, 0.717) is 0 Å². The van der Waals surface area contributed by atoms with Crippen LogP contribution in [0, 0.1) is 5.41 Å². The van der Waals surface area contributed by atoms with Crippen molar-refractivity contribution in [3.05, 3.63) is 12.7 Å². The highest BCUT2D eigenvalue weighted by Crippen LogP contribution is 1.70. The highest BCUT2D eigenvalue weighted by molar-refractivity contribution is 5.83. The zero-order valence-corrected chi connectivity index (χ0v) is 4.68. The topological polar surface area (TPSA) is 88.2 Å². The smallest absolute Gasteiger partial charge is 0.355 e. The molecule has 0 saturated carbocycles. The highest BCUT2D eigenvalue weighted by Gasteiger charge is 1.92. The summed E-state index contributed by atoms with van der Waals surface area (Å²) in [6.45, 7) is 3.11. The molecule has 9 heavy (non-hydrogen) atoms. The summed E-state index contributed by atoms with van der Waals surface area (Å²) >= 11 is 0. The minimum Gasteiger partial charge on any atom is -0.368 e. The molecular weight excluding hydrogens is 122 g/mol. The Bertz CT molecular complexity index is 143. The highest BCUT2D eigenvalue weighted by atomic mass is 16.7. The third kappa shape index (κ3) is 4.33. The Hall–Kier alpha value is -1.52. The Labute approximate surface area is 51.9 Å². The van der Waals surface area contributed by atoms with E-state index in [0.717, 1.165) is 6.08 Å². The molecule has 0 heterocycles. The van der Waals surface area contributed by atoms with Crippen molar-refractivity contribution in [2.75, 3.05) is 0 Å². The fourth-order valence-electron chi connectivity index (χ4n) is 0.147. The second-order valence-corrected chi connectivity index (χ2v) is 1.14. The van der Waals surface area contributed by atoms with E-state index < -0.39 is 11.9 Å². The summed E-state index contributed by atoms with van der Waals surface area (Å²) < 4.78 is 0. The van der Waals surface area contributed by atoms with Crippen molar-refractivity contribution in [1.82, 2.24) is 5.48 Å². The number of nitrogens with two attached hydrogens (primary N) is 1. The maximum Gasteiger partial charge on any atom is 0.355 e. The van der Waals surface area contributed by atoms with Gasteiger partial charge in [0.2, 0.25) is 5.96 Å². The summed E-state index contributed by atoms with van der Waals surface area (Å²) in [6.07, 6.45) is 0.954. The summed E-state index contributed by atoms with van der Waals surface area (Å²) in [5.74, 6) is -1.10. The van der Waals surface area contributed by atoms with Crippen molar-refractivity contribution in [3.8, 4) is 0 Å². The van der Waals surface area contributed by atoms with Crippen LogP contribution in [-0.2, 0) is 9.63 Å². The molecule has 0 fully saturated rings. The average molecular weight is 129 g/mol. The maximum atomic E-state index is 10.2. The zero-order chi connectivity index (χ0) is 7.28. The quantitative estimate of drug-likeness (QED) is 0.185. The van der Waals surface area contributed by atoms with Crippen LogP contribution in [0.4, 0.5) is 0 Å². The molecular formula is C4H7N3O2. The van der Waals surface area contributed by atoms with Gasteiger partial charge in [0, 0.05) is 6.08 Å². The molecule has 5 nitrogen and oxygen atoms in total. The van der Waals surface area contributed by atoms with E-state index in [-0.39, 0.29) is 0 Å². The number of hydrogen-bond donors (Lipinski definition) is 3. The molecule has 0 saturated heterocycles. The molecule has 0 bridgehead atoms. The van der Waals surface area contributed by atoms with Crippen molar-refractivity contribution in [3.63, 3.8) is 0 Å². The Balaban J connectivity index is 3.39. The lowest BCUT2D eigenvalue weighted by Crippen LogP contribution is -2.31. The molecule has 0 atom stereocenters. The van der Waals surface area contributed by atoms with E-state index in [4.69, 9.17) is 11.1 Å². The second-order valence-electron chi connectivity index (χ2n) is 1.14. The number of hydrogen-bond acceptors (Lipinski definition) is 3. The molecule has 0 aliphatic carbocycles. The van der Waals surface area contributed by atoms with E-state index in [9.17, 15) is 4.79 Å². The Morgan fingerprint density at radius 3 is 2.78 bits per heavy atom. The first-order valence-corrected chi connectivity index (χ1v) is 2.10. The largest absolute Gasteiger partial charge is 0.368 e. The number of carbonyl (C=O) groups is 1. The van der Waals surface area contributed by atoms with Gasteiger partial charge in [0.15, 0.2) is 0 Å². The van der Waals surface area contributed by atoms with E-state index in [1.807, 2.05) is 5.48 Å². The second kappa shape index (κ2) is 3.48. The van der Waals surface area contributed by atoms with Gasteiger partial charge in [0.25, 0.3) is 0 Å². The van der Waals surface area contributed by atoms with E-state index >= 15 is 0 Å². The Kier molecular flexibility index (Phi) is 2.89. The predicted molar refractivity (Wildman–Crippen MR) is 31.3 cm³/mol. The van der Waals surface area contributed by atoms with Crippen LogP contribution in [0.3, 0.4) is 0 Å². The van der Waals surface area contributed by atoms with Crippen LogP contribution >= 0.6 is 0 Å². The lowest BCUT2D eigenvalue weighted by molar-refractivity contribution is -0.141. The molecule has 4 N–H and O–H groups in total. The number of rotatable bonds is 1. The van der Waals surface area contributed by atoms with Crippen LogP contribution in [0.5, 0.6) is 0 Å². The number of hydroxylamine groups is 1. The van der Waals surface area contributed by atoms with Gasteiger partial charge in [-0.3, -0.25) is 5.41 Å². The Morgan fingerprint density at radius 2 is 2.44 bits per heavy atom. The molecule has 0 aromatic carbocycles. The molecule has 0 aliphatic rings. The lowest BCUT2D eigenvalue weighted by atomic mass is 10.7. The van der Waals surface area contributed by atoms with Gasteiger partial charge in [0.05, 0.1) is 0 Å².